The van der Waals surface area contributed by atoms with E-state index in [1.807, 2.05) is 37.3 Å². The number of aryl methyl sites for hydroxylation is 1. The van der Waals surface area contributed by atoms with E-state index in [0.717, 1.165) is 16.2 Å². The predicted molar refractivity (Wildman–Crippen MR) is 89.3 cm³/mol. The Balaban J connectivity index is 0.00000180. The molecule has 7 heteroatoms. The second kappa shape index (κ2) is 9.04. The first-order valence-corrected chi connectivity index (χ1v) is 7.81. The molecule has 0 spiro atoms. The molecule has 0 amide bonds. The average Bonchev–Trinajstić information content (AvgIpc) is 2.32. The molecule has 2 aromatic rings. The molecule has 0 fully saturated rings. The van der Waals surface area contributed by atoms with Crippen LogP contribution in [-0.4, -0.2) is 72.1 Å². The summed E-state index contributed by atoms with van der Waals surface area (Å²) in [5.74, 6) is 0. The third-order valence-electron chi connectivity index (χ3n) is 2.56. The molecule has 0 saturated heterocycles. The summed E-state index contributed by atoms with van der Waals surface area (Å²) in [6, 6.07) is 14.5. The third-order valence-corrected chi connectivity index (χ3v) is 4.84. The van der Waals surface area contributed by atoms with Crippen molar-refractivity contribution in [3.8, 4) is 0 Å². The van der Waals surface area contributed by atoms with E-state index in [4.69, 9.17) is 4.55 Å². The van der Waals surface area contributed by atoms with Gasteiger partial charge in [0.25, 0.3) is 10.1 Å². The molecule has 0 aliphatic heterocycles. The molecule has 0 saturated carbocycles. The first-order chi connectivity index (χ1) is 8.47. The Kier molecular flexibility index (Phi) is 9.39. The SMILES string of the molecule is Cc1ccc(S(=O)(=O)O)cc1Pc1ccccc1.[NaH].[NaH]. The van der Waals surface area contributed by atoms with Crippen molar-refractivity contribution in [1.29, 1.82) is 0 Å². The second-order valence-electron chi connectivity index (χ2n) is 3.94. The Morgan fingerprint density at radius 1 is 1.00 bits per heavy atom. The van der Waals surface area contributed by atoms with Gasteiger partial charge in [0.05, 0.1) is 4.90 Å². The van der Waals surface area contributed by atoms with Crippen LogP contribution in [0.3, 0.4) is 0 Å². The van der Waals surface area contributed by atoms with Gasteiger partial charge in [-0.1, -0.05) is 45.0 Å². The molecule has 0 aromatic heterocycles. The van der Waals surface area contributed by atoms with Gasteiger partial charge >= 0.3 is 59.1 Å². The zero-order valence-electron chi connectivity index (χ0n) is 9.79. The topological polar surface area (TPSA) is 54.4 Å². The van der Waals surface area contributed by atoms with Gasteiger partial charge in [-0.05, 0) is 35.2 Å². The maximum atomic E-state index is 11.1. The van der Waals surface area contributed by atoms with Crippen molar-refractivity contribution in [3.05, 3.63) is 54.1 Å². The standard InChI is InChI=1S/C13H13O3PS.2Na.2H/c1-10-7-8-12(18(14,15)16)9-13(10)17-11-5-3-2-4-6-11;;;;/h2-9,17H,1H3,(H,14,15,16);;;;. The maximum absolute atomic E-state index is 11.1. The van der Waals surface area contributed by atoms with Gasteiger partial charge in [-0.3, -0.25) is 4.55 Å². The molecule has 3 nitrogen and oxygen atoms in total. The summed E-state index contributed by atoms with van der Waals surface area (Å²) in [5, 5.41) is 2.06. The molecule has 98 valence electrons. The van der Waals surface area contributed by atoms with Crippen molar-refractivity contribution >= 4 is 88.4 Å². The number of rotatable bonds is 3. The molecular weight excluding hydrogens is 313 g/mol. The molecule has 0 bridgehead atoms. The van der Waals surface area contributed by atoms with Crippen molar-refractivity contribution < 1.29 is 13.0 Å². The van der Waals surface area contributed by atoms with Gasteiger partial charge in [0.15, 0.2) is 0 Å². The molecule has 1 unspecified atom stereocenters. The Hall–Kier alpha value is 0.780. The number of hydrogen-bond donors (Lipinski definition) is 1. The van der Waals surface area contributed by atoms with Crippen LogP contribution in [-0.2, 0) is 10.1 Å². The Labute approximate surface area is 165 Å². The fourth-order valence-electron chi connectivity index (χ4n) is 1.57. The van der Waals surface area contributed by atoms with E-state index in [1.54, 1.807) is 6.07 Å². The van der Waals surface area contributed by atoms with Gasteiger partial charge in [-0.2, -0.15) is 8.42 Å². The molecule has 2 rings (SSSR count). The second-order valence-corrected chi connectivity index (χ2v) is 6.73. The predicted octanol–water partition coefficient (Wildman–Crippen LogP) is 0.574. The molecule has 0 aliphatic carbocycles. The van der Waals surface area contributed by atoms with Crippen molar-refractivity contribution in [1.82, 2.24) is 0 Å². The van der Waals surface area contributed by atoms with Gasteiger partial charge in [-0.25, -0.2) is 0 Å². The Morgan fingerprint density at radius 2 is 1.60 bits per heavy atom. The minimum atomic E-state index is -4.13. The number of benzene rings is 2. The van der Waals surface area contributed by atoms with E-state index >= 15 is 0 Å². The molecule has 0 radical (unpaired) electrons. The van der Waals surface area contributed by atoms with Crippen molar-refractivity contribution in [2.75, 3.05) is 0 Å². The molecular formula is C13H15Na2O3PS. The minimum absolute atomic E-state index is 0. The zero-order valence-corrected chi connectivity index (χ0v) is 11.6. The third kappa shape index (κ3) is 5.88. The van der Waals surface area contributed by atoms with Crippen LogP contribution in [0.15, 0.2) is 53.4 Å². The summed E-state index contributed by atoms with van der Waals surface area (Å²) in [5.41, 5.74) is 1.02. The molecule has 0 heterocycles. The molecule has 1 atom stereocenters. The Morgan fingerprint density at radius 3 is 2.15 bits per heavy atom. The Bertz CT molecular complexity index is 661. The summed E-state index contributed by atoms with van der Waals surface area (Å²) in [6.07, 6.45) is 0. The molecule has 2 aromatic carbocycles. The van der Waals surface area contributed by atoms with Gasteiger partial charge in [-0.15, -0.1) is 0 Å². The monoisotopic (exact) mass is 328 g/mol. The van der Waals surface area contributed by atoms with E-state index < -0.39 is 10.1 Å². The van der Waals surface area contributed by atoms with Crippen molar-refractivity contribution in [2.24, 2.45) is 0 Å². The van der Waals surface area contributed by atoms with Gasteiger partial charge in [0, 0.05) is 0 Å². The summed E-state index contributed by atoms with van der Waals surface area (Å²) in [4.78, 5) is -0.0495. The first-order valence-electron chi connectivity index (χ1n) is 5.37. The summed E-state index contributed by atoms with van der Waals surface area (Å²) < 4.78 is 31.3. The van der Waals surface area contributed by atoms with Gasteiger partial charge in [0.1, 0.15) is 0 Å². The van der Waals surface area contributed by atoms with Crippen LogP contribution in [0.2, 0.25) is 0 Å². The van der Waals surface area contributed by atoms with Crippen LogP contribution in [0.25, 0.3) is 0 Å². The van der Waals surface area contributed by atoms with Crippen LogP contribution in [0.1, 0.15) is 5.56 Å². The van der Waals surface area contributed by atoms with E-state index in [-0.39, 0.29) is 64.0 Å². The van der Waals surface area contributed by atoms with E-state index in [1.165, 1.54) is 12.1 Å². The molecule has 0 aliphatic rings. The van der Waals surface area contributed by atoms with Gasteiger partial charge in [0.2, 0.25) is 0 Å². The quantitative estimate of drug-likeness (QED) is 0.509. The summed E-state index contributed by atoms with van der Waals surface area (Å²) >= 11 is 0. The van der Waals surface area contributed by atoms with Crippen molar-refractivity contribution in [2.45, 2.75) is 11.8 Å². The van der Waals surface area contributed by atoms with Crippen molar-refractivity contribution in [3.63, 3.8) is 0 Å². The van der Waals surface area contributed by atoms with Crippen LogP contribution in [0.4, 0.5) is 0 Å². The van der Waals surface area contributed by atoms with Crippen LogP contribution in [0, 0.1) is 6.92 Å². The summed E-state index contributed by atoms with van der Waals surface area (Å²) in [6.45, 7) is 1.93. The summed E-state index contributed by atoms with van der Waals surface area (Å²) in [7, 11) is -3.75. The fourth-order valence-corrected chi connectivity index (χ4v) is 3.36. The molecule has 1 N–H and O–H groups in total. The number of hydrogen-bond acceptors (Lipinski definition) is 2. The van der Waals surface area contributed by atoms with E-state index in [0.29, 0.717) is 8.58 Å². The van der Waals surface area contributed by atoms with Crippen LogP contribution in [0.5, 0.6) is 0 Å². The van der Waals surface area contributed by atoms with Gasteiger partial charge < -0.3 is 0 Å². The van der Waals surface area contributed by atoms with E-state index in [9.17, 15) is 8.42 Å². The van der Waals surface area contributed by atoms with E-state index in [2.05, 4.69) is 0 Å². The fraction of sp³-hybridized carbons (Fsp3) is 0.0769. The zero-order chi connectivity index (χ0) is 13.2. The normalized spacial score (nSPS) is 10.9. The van der Waals surface area contributed by atoms with Crippen LogP contribution < -0.4 is 10.6 Å². The first kappa shape index (κ1) is 20.8. The average molecular weight is 328 g/mol. The molecule has 20 heavy (non-hydrogen) atoms. The van der Waals surface area contributed by atoms with Crippen LogP contribution >= 0.6 is 8.58 Å².